The highest BCUT2D eigenvalue weighted by molar-refractivity contribution is 7.09. The minimum atomic E-state index is -0.0343. The van der Waals surface area contributed by atoms with Gasteiger partial charge < -0.3 is 10.4 Å². The van der Waals surface area contributed by atoms with Crippen molar-refractivity contribution in [2.75, 3.05) is 6.54 Å². The normalized spacial score (nSPS) is 39.5. The van der Waals surface area contributed by atoms with Crippen LogP contribution in [0.25, 0.3) is 0 Å². The number of fused-ring (bicyclic) bond motifs is 1. The van der Waals surface area contributed by atoms with Gasteiger partial charge in [0, 0.05) is 10.9 Å². The lowest BCUT2D eigenvalue weighted by Gasteiger charge is -2.17. The zero-order valence-corrected chi connectivity index (χ0v) is 9.54. The van der Waals surface area contributed by atoms with Gasteiger partial charge in [-0.1, -0.05) is 6.07 Å². The summed E-state index contributed by atoms with van der Waals surface area (Å²) in [6.45, 7) is 1.11. The maximum absolute atomic E-state index is 9.65. The first-order valence-electron chi connectivity index (χ1n) is 5.77. The average molecular weight is 223 g/mol. The molecule has 0 amide bonds. The molecule has 15 heavy (non-hydrogen) atoms. The molecule has 1 aromatic heterocycles. The summed E-state index contributed by atoms with van der Waals surface area (Å²) in [6.07, 6.45) is 3.13. The predicted molar refractivity (Wildman–Crippen MR) is 62.0 cm³/mol. The summed E-state index contributed by atoms with van der Waals surface area (Å²) in [5, 5.41) is 15.4. The molecule has 82 valence electrons. The molecule has 4 unspecified atom stereocenters. The molecule has 1 aromatic rings. The molecule has 3 rings (SSSR count). The molecule has 0 bridgehead atoms. The summed E-state index contributed by atoms with van der Waals surface area (Å²) in [7, 11) is 0. The number of hydrogen-bond donors (Lipinski definition) is 2. The van der Waals surface area contributed by atoms with E-state index in [1.807, 2.05) is 11.3 Å². The Bertz CT molecular complexity index is 324. The van der Waals surface area contributed by atoms with Crippen LogP contribution >= 0.6 is 11.3 Å². The third-order valence-electron chi connectivity index (χ3n) is 3.88. The molecule has 1 aliphatic heterocycles. The van der Waals surface area contributed by atoms with Crippen molar-refractivity contribution in [1.82, 2.24) is 5.32 Å². The van der Waals surface area contributed by atoms with Crippen LogP contribution in [0.5, 0.6) is 0 Å². The Morgan fingerprint density at radius 3 is 3.20 bits per heavy atom. The standard InChI is InChI=1S/C12H17NOS/c14-9-4-8-7-13-12(11(8)5-9)6-10-2-1-3-15-10/h1-3,8-9,11-14H,4-7H2. The molecule has 2 aliphatic rings. The van der Waals surface area contributed by atoms with E-state index in [-0.39, 0.29) is 6.10 Å². The van der Waals surface area contributed by atoms with Crippen molar-refractivity contribution in [3.8, 4) is 0 Å². The third kappa shape index (κ3) is 1.84. The van der Waals surface area contributed by atoms with Crippen LogP contribution < -0.4 is 5.32 Å². The summed E-state index contributed by atoms with van der Waals surface area (Å²) in [5.74, 6) is 1.44. The van der Waals surface area contributed by atoms with Gasteiger partial charge in [0.25, 0.3) is 0 Å². The summed E-state index contributed by atoms with van der Waals surface area (Å²) in [4.78, 5) is 1.47. The van der Waals surface area contributed by atoms with Gasteiger partial charge in [0.15, 0.2) is 0 Å². The van der Waals surface area contributed by atoms with Crippen molar-refractivity contribution in [2.45, 2.75) is 31.4 Å². The van der Waals surface area contributed by atoms with E-state index in [4.69, 9.17) is 0 Å². The quantitative estimate of drug-likeness (QED) is 0.799. The van der Waals surface area contributed by atoms with Crippen molar-refractivity contribution in [2.24, 2.45) is 11.8 Å². The largest absolute Gasteiger partial charge is 0.393 e. The van der Waals surface area contributed by atoms with Gasteiger partial charge in [0.1, 0.15) is 0 Å². The van der Waals surface area contributed by atoms with Gasteiger partial charge >= 0.3 is 0 Å². The Kier molecular flexibility index (Phi) is 2.54. The van der Waals surface area contributed by atoms with Crippen LogP contribution in [0.3, 0.4) is 0 Å². The average Bonchev–Trinajstić information content (AvgIpc) is 2.85. The lowest BCUT2D eigenvalue weighted by atomic mass is 9.92. The Morgan fingerprint density at radius 2 is 2.40 bits per heavy atom. The van der Waals surface area contributed by atoms with Gasteiger partial charge in [-0.2, -0.15) is 0 Å². The number of thiophene rings is 1. The molecule has 1 saturated carbocycles. The molecule has 1 aliphatic carbocycles. The second-order valence-electron chi connectivity index (χ2n) is 4.85. The van der Waals surface area contributed by atoms with E-state index < -0.39 is 0 Å². The molecular formula is C12H17NOS. The lowest BCUT2D eigenvalue weighted by molar-refractivity contribution is 0.169. The first-order valence-corrected chi connectivity index (χ1v) is 6.64. The van der Waals surface area contributed by atoms with Gasteiger partial charge in [-0.15, -0.1) is 11.3 Å². The van der Waals surface area contributed by atoms with Gasteiger partial charge in [-0.05, 0) is 49.1 Å². The van der Waals surface area contributed by atoms with Crippen molar-refractivity contribution < 1.29 is 5.11 Å². The summed E-state index contributed by atoms with van der Waals surface area (Å²) in [6, 6.07) is 4.94. The van der Waals surface area contributed by atoms with Gasteiger partial charge in [0.2, 0.25) is 0 Å². The maximum atomic E-state index is 9.65. The van der Waals surface area contributed by atoms with Gasteiger partial charge in [-0.25, -0.2) is 0 Å². The van der Waals surface area contributed by atoms with E-state index in [1.54, 1.807) is 0 Å². The molecule has 0 spiro atoms. The Balaban J connectivity index is 1.68. The summed E-state index contributed by atoms with van der Waals surface area (Å²) in [5.41, 5.74) is 0. The van der Waals surface area contributed by atoms with Crippen LogP contribution in [0.15, 0.2) is 17.5 Å². The highest BCUT2D eigenvalue weighted by atomic mass is 32.1. The minimum Gasteiger partial charge on any atom is -0.393 e. The molecular weight excluding hydrogens is 206 g/mol. The zero-order chi connectivity index (χ0) is 10.3. The fraction of sp³-hybridized carbons (Fsp3) is 0.667. The Hall–Kier alpha value is -0.380. The molecule has 0 radical (unpaired) electrons. The van der Waals surface area contributed by atoms with Gasteiger partial charge in [-0.3, -0.25) is 0 Å². The summed E-state index contributed by atoms with van der Waals surface area (Å²) >= 11 is 1.84. The van der Waals surface area contributed by atoms with E-state index in [0.717, 1.165) is 31.7 Å². The van der Waals surface area contributed by atoms with Crippen molar-refractivity contribution in [1.29, 1.82) is 0 Å². The second-order valence-corrected chi connectivity index (χ2v) is 5.88. The van der Waals surface area contributed by atoms with Crippen LogP contribution in [-0.4, -0.2) is 23.8 Å². The number of rotatable bonds is 2. The molecule has 2 heterocycles. The van der Waals surface area contributed by atoms with Crippen LogP contribution in [0, 0.1) is 11.8 Å². The van der Waals surface area contributed by atoms with Crippen molar-refractivity contribution >= 4 is 11.3 Å². The van der Waals surface area contributed by atoms with Crippen LogP contribution in [0.1, 0.15) is 17.7 Å². The lowest BCUT2D eigenvalue weighted by Crippen LogP contribution is -2.29. The maximum Gasteiger partial charge on any atom is 0.0546 e. The van der Waals surface area contributed by atoms with E-state index >= 15 is 0 Å². The van der Waals surface area contributed by atoms with Crippen molar-refractivity contribution in [3.05, 3.63) is 22.4 Å². The Labute approximate surface area is 94.3 Å². The van der Waals surface area contributed by atoms with Gasteiger partial charge in [0.05, 0.1) is 6.10 Å². The highest BCUT2D eigenvalue weighted by Crippen LogP contribution is 2.39. The first-order chi connectivity index (χ1) is 7.33. The van der Waals surface area contributed by atoms with Crippen LogP contribution in [0.4, 0.5) is 0 Å². The smallest absolute Gasteiger partial charge is 0.0546 e. The minimum absolute atomic E-state index is 0.0343. The number of aliphatic hydroxyl groups excluding tert-OH is 1. The third-order valence-corrected chi connectivity index (χ3v) is 4.78. The predicted octanol–water partition coefficient (Wildman–Crippen LogP) is 1.65. The number of hydrogen-bond acceptors (Lipinski definition) is 3. The molecule has 2 fully saturated rings. The Morgan fingerprint density at radius 1 is 1.47 bits per heavy atom. The van der Waals surface area contributed by atoms with Crippen LogP contribution in [0.2, 0.25) is 0 Å². The second kappa shape index (κ2) is 3.89. The first kappa shape index (κ1) is 9.82. The van der Waals surface area contributed by atoms with Crippen molar-refractivity contribution in [3.63, 3.8) is 0 Å². The van der Waals surface area contributed by atoms with E-state index in [1.165, 1.54) is 4.88 Å². The molecule has 0 aromatic carbocycles. The highest BCUT2D eigenvalue weighted by Gasteiger charge is 2.42. The monoisotopic (exact) mass is 223 g/mol. The van der Waals surface area contributed by atoms with Crippen LogP contribution in [-0.2, 0) is 6.42 Å². The van der Waals surface area contributed by atoms with E-state index in [2.05, 4.69) is 22.8 Å². The summed E-state index contributed by atoms with van der Waals surface area (Å²) < 4.78 is 0. The number of aliphatic hydroxyl groups is 1. The zero-order valence-electron chi connectivity index (χ0n) is 8.73. The SMILES string of the molecule is OC1CC2CNC(Cc3cccs3)C2C1. The fourth-order valence-electron chi connectivity index (χ4n) is 3.18. The molecule has 4 atom stereocenters. The van der Waals surface area contributed by atoms with E-state index in [9.17, 15) is 5.11 Å². The fourth-order valence-corrected chi connectivity index (χ4v) is 3.94. The topological polar surface area (TPSA) is 32.3 Å². The van der Waals surface area contributed by atoms with E-state index in [0.29, 0.717) is 12.0 Å². The molecule has 2 N–H and O–H groups in total. The molecule has 3 heteroatoms. The molecule has 1 saturated heterocycles. The molecule has 2 nitrogen and oxygen atoms in total. The number of nitrogens with one attached hydrogen (secondary N) is 1.